The smallest absolute Gasteiger partial charge is 0.328 e. The molecule has 0 saturated heterocycles. The van der Waals surface area contributed by atoms with Gasteiger partial charge in [-0.3, -0.25) is 0 Å². The highest BCUT2D eigenvalue weighted by atomic mass is 16.7. The van der Waals surface area contributed by atoms with Gasteiger partial charge in [0.25, 0.3) is 0 Å². The van der Waals surface area contributed by atoms with Gasteiger partial charge >= 0.3 is 5.97 Å². The van der Waals surface area contributed by atoms with Crippen LogP contribution in [0.25, 0.3) is 0 Å². The molecule has 0 aliphatic rings. The minimum absolute atomic E-state index is 0.0112. The van der Waals surface area contributed by atoms with Crippen LogP contribution >= 0.6 is 0 Å². The van der Waals surface area contributed by atoms with Gasteiger partial charge in [-0.05, 0) is 29.7 Å². The summed E-state index contributed by atoms with van der Waals surface area (Å²) in [4.78, 5) is 11.1. The molecule has 0 spiro atoms. The number of ether oxygens (including phenoxy) is 3. The molecule has 0 aliphatic carbocycles. The summed E-state index contributed by atoms with van der Waals surface area (Å²) in [5.41, 5.74) is 1.93. The van der Waals surface area contributed by atoms with E-state index < -0.39 is 23.8 Å². The second-order valence-electron chi connectivity index (χ2n) is 7.34. The van der Waals surface area contributed by atoms with E-state index in [1.54, 1.807) is 0 Å². The number of carboxylic acid groups (broad SMARTS) is 1. The van der Waals surface area contributed by atoms with Crippen LogP contribution in [0.5, 0.6) is 0 Å². The van der Waals surface area contributed by atoms with Gasteiger partial charge in [0.05, 0.1) is 6.10 Å². The predicted molar refractivity (Wildman–Crippen MR) is 123 cm³/mol. The van der Waals surface area contributed by atoms with Crippen molar-refractivity contribution < 1.29 is 24.1 Å². The predicted octanol–water partition coefficient (Wildman–Crippen LogP) is 5.01. The molecule has 1 N–H and O–H groups in total. The van der Waals surface area contributed by atoms with Crippen molar-refractivity contribution in [3.63, 3.8) is 0 Å². The first-order chi connectivity index (χ1) is 15.6. The number of hydrogen-bond acceptors (Lipinski definition) is 4. The average Bonchev–Trinajstić information content (AvgIpc) is 2.84. The molecule has 0 radical (unpaired) electrons. The fourth-order valence-corrected chi connectivity index (χ4v) is 3.74. The molecule has 2 atom stereocenters. The fraction of sp³-hybridized carbons (Fsp3) is 0.222. The topological polar surface area (TPSA) is 65.0 Å². The largest absolute Gasteiger partial charge is 0.478 e. The first-order valence-electron chi connectivity index (χ1n) is 10.4. The van der Waals surface area contributed by atoms with E-state index >= 15 is 0 Å². The SMILES string of the molecule is COCO[C@H](/C=C/C(=O)O)[C@H](C)OC(c1ccccc1)(c1ccccc1)c1ccccc1. The van der Waals surface area contributed by atoms with Crippen molar-refractivity contribution >= 4 is 5.97 Å². The molecular weight excluding hydrogens is 404 g/mol. The molecule has 5 nitrogen and oxygen atoms in total. The third kappa shape index (κ3) is 5.51. The van der Waals surface area contributed by atoms with E-state index in [0.29, 0.717) is 0 Å². The molecule has 0 aromatic heterocycles. The lowest BCUT2D eigenvalue weighted by Crippen LogP contribution is -2.40. The van der Waals surface area contributed by atoms with Gasteiger partial charge in [-0.15, -0.1) is 0 Å². The zero-order valence-corrected chi connectivity index (χ0v) is 18.3. The Labute approximate surface area is 188 Å². The van der Waals surface area contributed by atoms with Crippen LogP contribution in [0.3, 0.4) is 0 Å². The quantitative estimate of drug-likeness (QED) is 0.262. The Balaban J connectivity index is 2.14. The van der Waals surface area contributed by atoms with Gasteiger partial charge in [-0.25, -0.2) is 4.79 Å². The van der Waals surface area contributed by atoms with Crippen LogP contribution in [0, 0.1) is 0 Å². The van der Waals surface area contributed by atoms with Gasteiger partial charge in [0.2, 0.25) is 0 Å². The molecule has 166 valence electrons. The van der Waals surface area contributed by atoms with Gasteiger partial charge < -0.3 is 19.3 Å². The van der Waals surface area contributed by atoms with E-state index in [0.717, 1.165) is 22.8 Å². The molecule has 0 amide bonds. The van der Waals surface area contributed by atoms with Crippen LogP contribution in [0.2, 0.25) is 0 Å². The number of hydrogen-bond donors (Lipinski definition) is 1. The molecule has 0 heterocycles. The highest BCUT2D eigenvalue weighted by Gasteiger charge is 2.40. The van der Waals surface area contributed by atoms with Gasteiger partial charge in [0.15, 0.2) is 0 Å². The van der Waals surface area contributed by atoms with Crippen molar-refractivity contribution in [1.29, 1.82) is 0 Å². The van der Waals surface area contributed by atoms with Crippen LogP contribution in [-0.4, -0.2) is 37.2 Å². The maximum absolute atomic E-state index is 11.1. The fourth-order valence-electron chi connectivity index (χ4n) is 3.74. The molecule has 0 aliphatic heterocycles. The summed E-state index contributed by atoms with van der Waals surface area (Å²) in [5.74, 6) is -1.05. The van der Waals surface area contributed by atoms with Crippen LogP contribution in [0.15, 0.2) is 103 Å². The van der Waals surface area contributed by atoms with Gasteiger partial charge in [-0.2, -0.15) is 0 Å². The van der Waals surface area contributed by atoms with Crippen LogP contribution < -0.4 is 0 Å². The summed E-state index contributed by atoms with van der Waals surface area (Å²) in [6.45, 7) is 1.88. The van der Waals surface area contributed by atoms with E-state index in [1.807, 2.05) is 97.9 Å². The van der Waals surface area contributed by atoms with E-state index in [-0.39, 0.29) is 6.79 Å². The van der Waals surface area contributed by atoms with Crippen molar-refractivity contribution in [3.8, 4) is 0 Å². The summed E-state index contributed by atoms with van der Waals surface area (Å²) < 4.78 is 17.7. The summed E-state index contributed by atoms with van der Waals surface area (Å²) in [6, 6.07) is 30.0. The second-order valence-corrected chi connectivity index (χ2v) is 7.34. The second kappa shape index (κ2) is 11.4. The molecule has 3 aromatic rings. The van der Waals surface area contributed by atoms with E-state index in [1.165, 1.54) is 13.2 Å². The Morgan fingerprint density at radius 3 is 1.69 bits per heavy atom. The van der Waals surface area contributed by atoms with Crippen molar-refractivity contribution in [1.82, 2.24) is 0 Å². The lowest BCUT2D eigenvalue weighted by atomic mass is 9.80. The third-order valence-electron chi connectivity index (χ3n) is 5.17. The Morgan fingerprint density at radius 2 is 1.31 bits per heavy atom. The molecule has 0 saturated carbocycles. The Bertz CT molecular complexity index is 890. The summed E-state index contributed by atoms with van der Waals surface area (Å²) in [5, 5.41) is 9.12. The number of methoxy groups -OCH3 is 1. The molecule has 5 heteroatoms. The lowest BCUT2D eigenvalue weighted by molar-refractivity contribution is -0.136. The molecule has 3 aromatic carbocycles. The molecule has 0 bridgehead atoms. The van der Waals surface area contributed by atoms with Crippen LogP contribution in [0.4, 0.5) is 0 Å². The monoisotopic (exact) mass is 432 g/mol. The number of aliphatic carboxylic acids is 1. The Morgan fingerprint density at radius 1 is 0.875 bits per heavy atom. The molecule has 0 fully saturated rings. The van der Waals surface area contributed by atoms with Crippen LogP contribution in [0.1, 0.15) is 23.6 Å². The van der Waals surface area contributed by atoms with Crippen LogP contribution in [-0.2, 0) is 24.6 Å². The van der Waals surface area contributed by atoms with E-state index in [4.69, 9.17) is 19.3 Å². The molecule has 0 unspecified atom stereocenters. The highest BCUT2D eigenvalue weighted by molar-refractivity contribution is 5.79. The maximum atomic E-state index is 11.1. The van der Waals surface area contributed by atoms with E-state index in [9.17, 15) is 4.79 Å². The van der Waals surface area contributed by atoms with Gasteiger partial charge in [0.1, 0.15) is 18.5 Å². The standard InChI is InChI=1S/C27H28O5/c1-21(25(31-20-30-2)18-19-26(28)29)32-27(22-12-6-3-7-13-22,23-14-8-4-9-15-23)24-16-10-5-11-17-24/h3-19,21,25H,20H2,1-2H3,(H,28,29)/b19-18+/t21-,25+/m0/s1. The van der Waals surface area contributed by atoms with Gasteiger partial charge in [-0.1, -0.05) is 91.0 Å². The van der Waals surface area contributed by atoms with E-state index in [2.05, 4.69) is 0 Å². The molecule has 32 heavy (non-hydrogen) atoms. The van der Waals surface area contributed by atoms with Crippen molar-refractivity contribution in [2.24, 2.45) is 0 Å². The normalized spacial score (nSPS) is 13.7. The minimum Gasteiger partial charge on any atom is -0.478 e. The third-order valence-corrected chi connectivity index (χ3v) is 5.17. The summed E-state index contributed by atoms with van der Waals surface area (Å²) >= 11 is 0. The first-order valence-corrected chi connectivity index (χ1v) is 10.4. The highest BCUT2D eigenvalue weighted by Crippen LogP contribution is 2.41. The van der Waals surface area contributed by atoms with Crippen molar-refractivity contribution in [3.05, 3.63) is 120 Å². The first kappa shape index (κ1) is 23.4. The van der Waals surface area contributed by atoms with Crippen molar-refractivity contribution in [2.75, 3.05) is 13.9 Å². The zero-order chi connectivity index (χ0) is 22.8. The maximum Gasteiger partial charge on any atom is 0.328 e. The number of benzene rings is 3. The minimum atomic E-state index is -1.05. The van der Waals surface area contributed by atoms with Gasteiger partial charge in [0, 0.05) is 13.2 Å². The number of carbonyl (C=O) groups is 1. The number of rotatable bonds is 11. The Kier molecular flexibility index (Phi) is 8.34. The summed E-state index contributed by atoms with van der Waals surface area (Å²) in [7, 11) is 1.52. The zero-order valence-electron chi connectivity index (χ0n) is 18.3. The molecule has 3 rings (SSSR count). The molecular formula is C27H28O5. The van der Waals surface area contributed by atoms with Crippen molar-refractivity contribution in [2.45, 2.75) is 24.7 Å². The lowest BCUT2D eigenvalue weighted by Gasteiger charge is -2.39. The average molecular weight is 433 g/mol. The number of carboxylic acids is 1. The Hall–Kier alpha value is -3.25. The summed E-state index contributed by atoms with van der Waals surface area (Å²) in [6.07, 6.45) is 1.40.